The van der Waals surface area contributed by atoms with Gasteiger partial charge in [0.25, 0.3) is 0 Å². The topological polar surface area (TPSA) is 12.0 Å². The highest BCUT2D eigenvalue weighted by Crippen LogP contribution is 2.10. The number of hydrogen-bond acceptors (Lipinski definition) is 1. The zero-order valence-corrected chi connectivity index (χ0v) is 11.3. The van der Waals surface area contributed by atoms with Crippen molar-refractivity contribution in [3.63, 3.8) is 0 Å². The summed E-state index contributed by atoms with van der Waals surface area (Å²) in [6, 6.07) is 0.774. The second-order valence-corrected chi connectivity index (χ2v) is 4.72. The molecular formula is C14H31N. The van der Waals surface area contributed by atoms with E-state index in [1.165, 1.54) is 51.5 Å². The van der Waals surface area contributed by atoms with E-state index in [0.717, 1.165) is 12.0 Å². The summed E-state index contributed by atoms with van der Waals surface area (Å²) in [5.41, 5.74) is 0. The molecule has 0 aliphatic heterocycles. The molecule has 1 N–H and O–H groups in total. The van der Waals surface area contributed by atoms with Gasteiger partial charge >= 0.3 is 0 Å². The van der Waals surface area contributed by atoms with Crippen LogP contribution in [0.15, 0.2) is 0 Å². The summed E-state index contributed by atoms with van der Waals surface area (Å²) >= 11 is 0. The predicted octanol–water partition coefficient (Wildman–Crippen LogP) is 4.37. The van der Waals surface area contributed by atoms with Crippen LogP contribution in [0.3, 0.4) is 0 Å². The van der Waals surface area contributed by atoms with E-state index in [9.17, 15) is 0 Å². The Labute approximate surface area is 97.0 Å². The van der Waals surface area contributed by atoms with Crippen LogP contribution in [0.2, 0.25) is 0 Å². The lowest BCUT2D eigenvalue weighted by molar-refractivity contribution is 0.374. The molecule has 1 heteroatoms. The Kier molecular flexibility index (Phi) is 10.4. The average molecular weight is 213 g/mol. The minimum Gasteiger partial charge on any atom is -0.314 e. The molecule has 0 spiro atoms. The van der Waals surface area contributed by atoms with E-state index >= 15 is 0 Å². The van der Waals surface area contributed by atoms with Crippen molar-refractivity contribution < 1.29 is 0 Å². The summed E-state index contributed by atoms with van der Waals surface area (Å²) < 4.78 is 0. The molecule has 0 saturated carbocycles. The SMILES string of the molecule is CCCCC(CCC)NCC(CC)CC. The van der Waals surface area contributed by atoms with Gasteiger partial charge in [0.15, 0.2) is 0 Å². The van der Waals surface area contributed by atoms with Crippen molar-refractivity contribution >= 4 is 0 Å². The van der Waals surface area contributed by atoms with E-state index in [1.54, 1.807) is 0 Å². The van der Waals surface area contributed by atoms with Crippen LogP contribution in [0.25, 0.3) is 0 Å². The van der Waals surface area contributed by atoms with Crippen LogP contribution < -0.4 is 5.32 Å². The third kappa shape index (κ3) is 7.84. The molecule has 0 aromatic carbocycles. The summed E-state index contributed by atoms with van der Waals surface area (Å²) in [6.45, 7) is 10.4. The smallest absolute Gasteiger partial charge is 0.00670 e. The molecule has 0 aromatic rings. The third-order valence-electron chi connectivity index (χ3n) is 3.39. The van der Waals surface area contributed by atoms with Crippen LogP contribution in [0.4, 0.5) is 0 Å². The third-order valence-corrected chi connectivity index (χ3v) is 3.39. The molecule has 15 heavy (non-hydrogen) atoms. The van der Waals surface area contributed by atoms with Crippen molar-refractivity contribution in [2.24, 2.45) is 5.92 Å². The number of unbranched alkanes of at least 4 members (excludes halogenated alkanes) is 1. The summed E-state index contributed by atoms with van der Waals surface area (Å²) in [4.78, 5) is 0. The van der Waals surface area contributed by atoms with E-state index < -0.39 is 0 Å². The first-order chi connectivity index (χ1) is 7.28. The lowest BCUT2D eigenvalue weighted by Crippen LogP contribution is -2.33. The van der Waals surface area contributed by atoms with Crippen molar-refractivity contribution in [3.05, 3.63) is 0 Å². The van der Waals surface area contributed by atoms with Crippen LogP contribution >= 0.6 is 0 Å². The molecule has 92 valence electrons. The van der Waals surface area contributed by atoms with E-state index in [0.29, 0.717) is 0 Å². The molecule has 0 bridgehead atoms. The van der Waals surface area contributed by atoms with Gasteiger partial charge in [0, 0.05) is 6.04 Å². The molecule has 0 heterocycles. The summed E-state index contributed by atoms with van der Waals surface area (Å²) in [7, 11) is 0. The first-order valence-electron chi connectivity index (χ1n) is 7.01. The Morgan fingerprint density at radius 2 is 1.53 bits per heavy atom. The highest BCUT2D eigenvalue weighted by Gasteiger charge is 2.09. The first kappa shape index (κ1) is 15.0. The fraction of sp³-hybridized carbons (Fsp3) is 1.00. The molecule has 0 rings (SSSR count). The Balaban J connectivity index is 3.72. The average Bonchev–Trinajstić information content (AvgIpc) is 2.27. The lowest BCUT2D eigenvalue weighted by Gasteiger charge is -2.21. The zero-order valence-electron chi connectivity index (χ0n) is 11.3. The molecular weight excluding hydrogens is 182 g/mol. The van der Waals surface area contributed by atoms with Crippen molar-refractivity contribution in [1.29, 1.82) is 0 Å². The van der Waals surface area contributed by atoms with Gasteiger partial charge in [-0.3, -0.25) is 0 Å². The van der Waals surface area contributed by atoms with Gasteiger partial charge in [-0.05, 0) is 25.3 Å². The first-order valence-corrected chi connectivity index (χ1v) is 7.01. The highest BCUT2D eigenvalue weighted by molar-refractivity contribution is 4.68. The molecule has 0 fully saturated rings. The summed E-state index contributed by atoms with van der Waals surface area (Å²) in [5, 5.41) is 3.76. The molecule has 0 aliphatic rings. The van der Waals surface area contributed by atoms with Gasteiger partial charge in [-0.2, -0.15) is 0 Å². The maximum Gasteiger partial charge on any atom is 0.00670 e. The fourth-order valence-electron chi connectivity index (χ4n) is 2.06. The number of rotatable bonds is 10. The van der Waals surface area contributed by atoms with Crippen LogP contribution in [0, 0.1) is 5.92 Å². The van der Waals surface area contributed by atoms with Gasteiger partial charge in [0.1, 0.15) is 0 Å². The van der Waals surface area contributed by atoms with Crippen molar-refractivity contribution in [1.82, 2.24) is 5.32 Å². The largest absolute Gasteiger partial charge is 0.314 e. The second kappa shape index (κ2) is 10.5. The fourth-order valence-corrected chi connectivity index (χ4v) is 2.06. The lowest BCUT2D eigenvalue weighted by atomic mass is 10.0. The van der Waals surface area contributed by atoms with Gasteiger partial charge in [0.05, 0.1) is 0 Å². The van der Waals surface area contributed by atoms with E-state index in [2.05, 4.69) is 33.0 Å². The minimum atomic E-state index is 0.774. The Bertz CT molecular complexity index is 119. The molecule has 1 unspecified atom stereocenters. The Morgan fingerprint density at radius 3 is 2.00 bits per heavy atom. The molecule has 0 aromatic heterocycles. The molecule has 0 saturated heterocycles. The van der Waals surface area contributed by atoms with E-state index in [1.807, 2.05) is 0 Å². The van der Waals surface area contributed by atoms with Gasteiger partial charge in [-0.1, -0.05) is 59.8 Å². The maximum atomic E-state index is 3.76. The number of nitrogens with one attached hydrogen (secondary N) is 1. The van der Waals surface area contributed by atoms with Crippen LogP contribution in [-0.2, 0) is 0 Å². The zero-order chi connectivity index (χ0) is 11.5. The van der Waals surface area contributed by atoms with E-state index in [-0.39, 0.29) is 0 Å². The summed E-state index contributed by atoms with van der Waals surface area (Å²) in [5.74, 6) is 0.881. The molecule has 1 atom stereocenters. The van der Waals surface area contributed by atoms with Gasteiger partial charge in [-0.15, -0.1) is 0 Å². The minimum absolute atomic E-state index is 0.774. The van der Waals surface area contributed by atoms with Gasteiger partial charge < -0.3 is 5.32 Å². The normalized spacial score (nSPS) is 13.4. The molecule has 0 radical (unpaired) electrons. The van der Waals surface area contributed by atoms with Gasteiger partial charge in [-0.25, -0.2) is 0 Å². The quantitative estimate of drug-likeness (QED) is 0.568. The molecule has 0 amide bonds. The van der Waals surface area contributed by atoms with Crippen LogP contribution in [-0.4, -0.2) is 12.6 Å². The number of hydrogen-bond donors (Lipinski definition) is 1. The second-order valence-electron chi connectivity index (χ2n) is 4.72. The molecule has 1 nitrogen and oxygen atoms in total. The van der Waals surface area contributed by atoms with Crippen LogP contribution in [0.5, 0.6) is 0 Å². The Morgan fingerprint density at radius 1 is 0.867 bits per heavy atom. The van der Waals surface area contributed by atoms with E-state index in [4.69, 9.17) is 0 Å². The monoisotopic (exact) mass is 213 g/mol. The predicted molar refractivity (Wildman–Crippen MR) is 70.3 cm³/mol. The van der Waals surface area contributed by atoms with Crippen molar-refractivity contribution in [3.8, 4) is 0 Å². The van der Waals surface area contributed by atoms with Crippen molar-refractivity contribution in [2.45, 2.75) is 78.7 Å². The van der Waals surface area contributed by atoms with Crippen molar-refractivity contribution in [2.75, 3.05) is 6.54 Å². The maximum absolute atomic E-state index is 3.76. The van der Waals surface area contributed by atoms with Gasteiger partial charge in [0.2, 0.25) is 0 Å². The standard InChI is InChI=1S/C14H31N/c1-5-9-11-14(10-6-2)15-12-13(7-3)8-4/h13-15H,5-12H2,1-4H3. The Hall–Kier alpha value is -0.0400. The summed E-state index contributed by atoms with van der Waals surface area (Å²) in [6.07, 6.45) is 9.36. The van der Waals surface area contributed by atoms with Crippen LogP contribution in [0.1, 0.15) is 72.6 Å². The highest BCUT2D eigenvalue weighted by atomic mass is 14.9. The molecule has 0 aliphatic carbocycles.